The lowest BCUT2D eigenvalue weighted by Gasteiger charge is -2.32. The van der Waals surface area contributed by atoms with Gasteiger partial charge < -0.3 is 10.6 Å². The van der Waals surface area contributed by atoms with Crippen LogP contribution in [0.15, 0.2) is 5.38 Å². The van der Waals surface area contributed by atoms with Crippen LogP contribution in [0, 0.1) is 12.3 Å². The number of amides is 1. The molecule has 2 N–H and O–H groups in total. The monoisotopic (exact) mass is 267 g/mol. The highest BCUT2D eigenvalue weighted by Gasteiger charge is 2.34. The maximum Gasteiger partial charge on any atom is 0.227 e. The van der Waals surface area contributed by atoms with Gasteiger partial charge in [0.15, 0.2) is 0 Å². The van der Waals surface area contributed by atoms with Crippen LogP contribution in [0.1, 0.15) is 30.5 Å². The number of aromatic nitrogens is 1. The molecule has 2 rings (SSSR count). The summed E-state index contributed by atoms with van der Waals surface area (Å²) in [5.41, 5.74) is 0.834. The van der Waals surface area contributed by atoms with Gasteiger partial charge in [-0.25, -0.2) is 4.98 Å². The standard InChI is InChI=1S/C13H21N3OS/c1-10-16-11(8-18-10)4-7-15-12(17)13(2)5-3-6-14-9-13/h8,14H,3-7,9H2,1-2H3,(H,15,17). The number of hydrogen-bond acceptors (Lipinski definition) is 4. The van der Waals surface area contributed by atoms with E-state index in [4.69, 9.17) is 0 Å². The van der Waals surface area contributed by atoms with E-state index in [1.54, 1.807) is 11.3 Å². The van der Waals surface area contributed by atoms with E-state index in [1.807, 2.05) is 13.8 Å². The fraction of sp³-hybridized carbons (Fsp3) is 0.692. The molecule has 1 unspecified atom stereocenters. The number of hydrogen-bond donors (Lipinski definition) is 2. The summed E-state index contributed by atoms with van der Waals surface area (Å²) in [6, 6.07) is 0. The fourth-order valence-corrected chi connectivity index (χ4v) is 2.94. The molecule has 0 aromatic carbocycles. The summed E-state index contributed by atoms with van der Waals surface area (Å²) in [5.74, 6) is 0.168. The predicted molar refractivity (Wildman–Crippen MR) is 73.8 cm³/mol. The summed E-state index contributed by atoms with van der Waals surface area (Å²) < 4.78 is 0. The quantitative estimate of drug-likeness (QED) is 0.869. The molecule has 18 heavy (non-hydrogen) atoms. The number of nitrogens with zero attached hydrogens (tertiary/aromatic N) is 1. The highest BCUT2D eigenvalue weighted by Crippen LogP contribution is 2.25. The van der Waals surface area contributed by atoms with E-state index in [2.05, 4.69) is 21.0 Å². The fourth-order valence-electron chi connectivity index (χ4n) is 2.29. The first-order valence-corrected chi connectivity index (χ1v) is 7.38. The molecule has 0 aliphatic carbocycles. The Bertz CT molecular complexity index is 410. The molecule has 1 saturated heterocycles. The van der Waals surface area contributed by atoms with Crippen LogP contribution >= 0.6 is 11.3 Å². The van der Waals surface area contributed by atoms with Crippen molar-refractivity contribution in [2.75, 3.05) is 19.6 Å². The Balaban J connectivity index is 1.77. The SMILES string of the molecule is Cc1nc(CCNC(=O)C2(C)CCCNC2)cs1. The van der Waals surface area contributed by atoms with E-state index in [1.165, 1.54) is 0 Å². The molecule has 1 aliphatic heterocycles. The van der Waals surface area contributed by atoms with Gasteiger partial charge in [0.1, 0.15) is 0 Å². The molecule has 0 spiro atoms. The minimum atomic E-state index is -0.240. The van der Waals surface area contributed by atoms with Gasteiger partial charge in [-0.1, -0.05) is 0 Å². The second-order valence-corrected chi connectivity index (χ2v) is 6.27. The van der Waals surface area contributed by atoms with E-state index >= 15 is 0 Å². The summed E-state index contributed by atoms with van der Waals surface area (Å²) in [4.78, 5) is 16.5. The summed E-state index contributed by atoms with van der Waals surface area (Å²) in [7, 11) is 0. The highest BCUT2D eigenvalue weighted by molar-refractivity contribution is 7.09. The third-order valence-electron chi connectivity index (χ3n) is 3.48. The van der Waals surface area contributed by atoms with Crippen molar-refractivity contribution in [3.8, 4) is 0 Å². The highest BCUT2D eigenvalue weighted by atomic mass is 32.1. The lowest BCUT2D eigenvalue weighted by atomic mass is 9.82. The number of piperidine rings is 1. The van der Waals surface area contributed by atoms with Gasteiger partial charge in [-0.05, 0) is 33.2 Å². The third kappa shape index (κ3) is 3.29. The van der Waals surface area contributed by atoms with E-state index in [0.717, 1.165) is 43.1 Å². The molecule has 5 heteroatoms. The number of carbonyl (C=O) groups is 1. The Morgan fingerprint density at radius 1 is 1.67 bits per heavy atom. The molecule has 2 heterocycles. The molecule has 100 valence electrons. The average molecular weight is 267 g/mol. The van der Waals surface area contributed by atoms with Crippen molar-refractivity contribution in [2.45, 2.75) is 33.1 Å². The molecular weight excluding hydrogens is 246 g/mol. The molecule has 1 amide bonds. The van der Waals surface area contributed by atoms with Crippen molar-refractivity contribution in [2.24, 2.45) is 5.41 Å². The first-order chi connectivity index (χ1) is 8.60. The molecular formula is C13H21N3OS. The van der Waals surface area contributed by atoms with Gasteiger partial charge in [0.25, 0.3) is 0 Å². The van der Waals surface area contributed by atoms with Gasteiger partial charge in [-0.15, -0.1) is 11.3 Å². The van der Waals surface area contributed by atoms with Crippen molar-refractivity contribution in [3.63, 3.8) is 0 Å². The molecule has 0 saturated carbocycles. The zero-order chi connectivity index (χ0) is 13.0. The Morgan fingerprint density at radius 2 is 2.50 bits per heavy atom. The van der Waals surface area contributed by atoms with Crippen LogP contribution in [-0.4, -0.2) is 30.5 Å². The van der Waals surface area contributed by atoms with Gasteiger partial charge in [0.05, 0.1) is 16.1 Å². The molecule has 1 aliphatic rings. The molecule has 4 nitrogen and oxygen atoms in total. The molecule has 0 radical (unpaired) electrons. The van der Waals surface area contributed by atoms with E-state index in [-0.39, 0.29) is 11.3 Å². The second kappa shape index (κ2) is 5.80. The van der Waals surface area contributed by atoms with Crippen LogP contribution in [0.5, 0.6) is 0 Å². The number of nitrogens with one attached hydrogen (secondary N) is 2. The first-order valence-electron chi connectivity index (χ1n) is 6.50. The minimum absolute atomic E-state index is 0.168. The number of aryl methyl sites for hydroxylation is 1. The topological polar surface area (TPSA) is 54.0 Å². The van der Waals surface area contributed by atoms with Crippen molar-refractivity contribution in [1.82, 2.24) is 15.6 Å². The Labute approximate surface area is 112 Å². The molecule has 1 atom stereocenters. The Morgan fingerprint density at radius 3 is 3.11 bits per heavy atom. The summed E-state index contributed by atoms with van der Waals surface area (Å²) in [5, 5.41) is 9.48. The number of thiazole rings is 1. The smallest absolute Gasteiger partial charge is 0.227 e. The van der Waals surface area contributed by atoms with E-state index in [9.17, 15) is 4.79 Å². The number of carbonyl (C=O) groups excluding carboxylic acids is 1. The van der Waals surface area contributed by atoms with E-state index in [0.29, 0.717) is 6.54 Å². The van der Waals surface area contributed by atoms with Gasteiger partial charge in [0, 0.05) is 24.9 Å². The third-order valence-corrected chi connectivity index (χ3v) is 4.30. The molecule has 1 aromatic rings. The zero-order valence-electron chi connectivity index (χ0n) is 11.1. The van der Waals surface area contributed by atoms with Gasteiger partial charge in [0.2, 0.25) is 5.91 Å². The molecule has 0 bridgehead atoms. The predicted octanol–water partition coefficient (Wildman–Crippen LogP) is 1.50. The summed E-state index contributed by atoms with van der Waals surface area (Å²) in [6.07, 6.45) is 2.87. The normalized spacial score (nSPS) is 23.9. The van der Waals surface area contributed by atoms with Crippen molar-refractivity contribution < 1.29 is 4.79 Å². The average Bonchev–Trinajstić information content (AvgIpc) is 2.76. The Hall–Kier alpha value is -0.940. The van der Waals surface area contributed by atoms with Crippen molar-refractivity contribution in [1.29, 1.82) is 0 Å². The van der Waals surface area contributed by atoms with Gasteiger partial charge >= 0.3 is 0 Å². The van der Waals surface area contributed by atoms with Crippen molar-refractivity contribution >= 4 is 17.2 Å². The molecule has 1 aromatic heterocycles. The van der Waals surface area contributed by atoms with Crippen LogP contribution in [0.2, 0.25) is 0 Å². The van der Waals surface area contributed by atoms with Crippen LogP contribution in [0.25, 0.3) is 0 Å². The molecule has 1 fully saturated rings. The maximum atomic E-state index is 12.1. The zero-order valence-corrected chi connectivity index (χ0v) is 11.9. The summed E-state index contributed by atoms with van der Waals surface area (Å²) >= 11 is 1.66. The van der Waals surface area contributed by atoms with Gasteiger partial charge in [-0.2, -0.15) is 0 Å². The minimum Gasteiger partial charge on any atom is -0.355 e. The van der Waals surface area contributed by atoms with E-state index < -0.39 is 0 Å². The van der Waals surface area contributed by atoms with Crippen LogP contribution < -0.4 is 10.6 Å². The van der Waals surface area contributed by atoms with Crippen LogP contribution in [0.3, 0.4) is 0 Å². The first kappa shape index (κ1) is 13.5. The van der Waals surface area contributed by atoms with Crippen LogP contribution in [-0.2, 0) is 11.2 Å². The largest absolute Gasteiger partial charge is 0.355 e. The Kier molecular flexibility index (Phi) is 4.35. The summed E-state index contributed by atoms with van der Waals surface area (Å²) in [6.45, 7) is 6.54. The lowest BCUT2D eigenvalue weighted by molar-refractivity contribution is -0.131. The maximum absolute atomic E-state index is 12.1. The lowest BCUT2D eigenvalue weighted by Crippen LogP contribution is -2.49. The van der Waals surface area contributed by atoms with Gasteiger partial charge in [-0.3, -0.25) is 4.79 Å². The van der Waals surface area contributed by atoms with Crippen molar-refractivity contribution in [3.05, 3.63) is 16.1 Å². The number of rotatable bonds is 4. The van der Waals surface area contributed by atoms with Crippen LogP contribution in [0.4, 0.5) is 0 Å². The second-order valence-electron chi connectivity index (χ2n) is 5.20.